The molecule has 8 heteroatoms. The van der Waals surface area contributed by atoms with Crippen LogP contribution in [0.4, 0.5) is 5.69 Å². The van der Waals surface area contributed by atoms with Gasteiger partial charge in [0, 0.05) is 31.4 Å². The van der Waals surface area contributed by atoms with Crippen LogP contribution in [-0.2, 0) is 16.1 Å². The van der Waals surface area contributed by atoms with Crippen LogP contribution in [0, 0.1) is 0 Å². The van der Waals surface area contributed by atoms with Gasteiger partial charge in [-0.1, -0.05) is 23.7 Å². The van der Waals surface area contributed by atoms with E-state index in [1.165, 1.54) is 20.3 Å². The van der Waals surface area contributed by atoms with Crippen LogP contribution in [-0.4, -0.2) is 45.7 Å². The Balaban J connectivity index is 1.55. The number of hydrogen-bond donors (Lipinski definition) is 2. The number of ether oxygens (including phenoxy) is 2. The van der Waals surface area contributed by atoms with E-state index in [1.807, 2.05) is 29.2 Å². The highest BCUT2D eigenvalue weighted by Gasteiger charge is 2.16. The molecule has 0 aromatic heterocycles. The molecule has 0 atom stereocenters. The SMILES string of the molecule is COc1cc(/C=C/C(=O)NCc2ccc(N3CCNC(=O)C3)cc2)cc(Cl)c1OC. The maximum atomic E-state index is 12.2. The van der Waals surface area contributed by atoms with E-state index in [-0.39, 0.29) is 11.8 Å². The molecule has 0 saturated carbocycles. The lowest BCUT2D eigenvalue weighted by atomic mass is 10.1. The molecule has 1 heterocycles. The number of nitrogens with zero attached hydrogens (tertiary/aromatic N) is 1. The smallest absolute Gasteiger partial charge is 0.244 e. The predicted octanol–water partition coefficient (Wildman–Crippen LogP) is 2.62. The van der Waals surface area contributed by atoms with Crippen molar-refractivity contribution in [3.05, 3.63) is 58.6 Å². The molecular weight excluding hydrogens is 406 g/mol. The molecular formula is C22H24ClN3O4. The number of piperazine rings is 1. The number of amides is 2. The first-order chi connectivity index (χ1) is 14.5. The normalized spacial score (nSPS) is 13.8. The predicted molar refractivity (Wildman–Crippen MR) is 117 cm³/mol. The van der Waals surface area contributed by atoms with Crippen molar-refractivity contribution in [1.82, 2.24) is 10.6 Å². The van der Waals surface area contributed by atoms with Gasteiger partial charge in [-0.15, -0.1) is 0 Å². The minimum absolute atomic E-state index is 0.0279. The third-order valence-electron chi connectivity index (χ3n) is 4.69. The number of anilines is 1. The van der Waals surface area contributed by atoms with Crippen LogP contribution in [0.1, 0.15) is 11.1 Å². The molecule has 0 aliphatic carbocycles. The van der Waals surface area contributed by atoms with Gasteiger partial charge in [-0.2, -0.15) is 0 Å². The molecule has 1 fully saturated rings. The Morgan fingerprint density at radius 3 is 2.67 bits per heavy atom. The number of rotatable bonds is 7. The van der Waals surface area contributed by atoms with Gasteiger partial charge >= 0.3 is 0 Å². The lowest BCUT2D eigenvalue weighted by molar-refractivity contribution is -0.120. The fourth-order valence-corrected chi connectivity index (χ4v) is 3.43. The van der Waals surface area contributed by atoms with Crippen molar-refractivity contribution < 1.29 is 19.1 Å². The van der Waals surface area contributed by atoms with Crippen LogP contribution in [0.25, 0.3) is 6.08 Å². The fraction of sp³-hybridized carbons (Fsp3) is 0.273. The average molecular weight is 430 g/mol. The van der Waals surface area contributed by atoms with Gasteiger partial charge in [-0.3, -0.25) is 9.59 Å². The lowest BCUT2D eigenvalue weighted by Crippen LogP contribution is -2.47. The second-order valence-corrected chi connectivity index (χ2v) is 7.13. The molecule has 2 aromatic rings. The maximum Gasteiger partial charge on any atom is 0.244 e. The molecule has 2 amide bonds. The first kappa shape index (κ1) is 21.5. The van der Waals surface area contributed by atoms with Crippen molar-refractivity contribution in [2.45, 2.75) is 6.54 Å². The lowest BCUT2D eigenvalue weighted by Gasteiger charge is -2.28. The van der Waals surface area contributed by atoms with Gasteiger partial charge in [0.15, 0.2) is 11.5 Å². The molecule has 3 rings (SSSR count). The number of nitrogens with one attached hydrogen (secondary N) is 2. The number of hydrogen-bond acceptors (Lipinski definition) is 5. The summed E-state index contributed by atoms with van der Waals surface area (Å²) in [4.78, 5) is 25.7. The third kappa shape index (κ3) is 5.45. The fourth-order valence-electron chi connectivity index (χ4n) is 3.14. The van der Waals surface area contributed by atoms with E-state index in [0.29, 0.717) is 36.2 Å². The van der Waals surface area contributed by atoms with E-state index in [2.05, 4.69) is 10.6 Å². The van der Waals surface area contributed by atoms with E-state index in [9.17, 15) is 9.59 Å². The van der Waals surface area contributed by atoms with E-state index in [1.54, 1.807) is 18.2 Å². The molecule has 158 valence electrons. The van der Waals surface area contributed by atoms with E-state index in [4.69, 9.17) is 21.1 Å². The number of methoxy groups -OCH3 is 2. The molecule has 30 heavy (non-hydrogen) atoms. The highest BCUT2D eigenvalue weighted by atomic mass is 35.5. The number of halogens is 1. The van der Waals surface area contributed by atoms with E-state index < -0.39 is 0 Å². The monoisotopic (exact) mass is 429 g/mol. The van der Waals surface area contributed by atoms with E-state index in [0.717, 1.165) is 23.4 Å². The Bertz CT molecular complexity index is 944. The Morgan fingerprint density at radius 2 is 2.00 bits per heavy atom. The highest BCUT2D eigenvalue weighted by molar-refractivity contribution is 6.32. The van der Waals surface area contributed by atoms with Crippen LogP contribution in [0.15, 0.2) is 42.5 Å². The molecule has 0 radical (unpaired) electrons. The summed E-state index contributed by atoms with van der Waals surface area (Å²) in [5.74, 6) is 0.753. The van der Waals surface area contributed by atoms with E-state index >= 15 is 0 Å². The summed E-state index contributed by atoms with van der Waals surface area (Å²) in [5.41, 5.74) is 2.68. The Morgan fingerprint density at radius 1 is 1.23 bits per heavy atom. The molecule has 1 saturated heterocycles. The second-order valence-electron chi connectivity index (χ2n) is 6.73. The minimum Gasteiger partial charge on any atom is -0.493 e. The molecule has 2 aromatic carbocycles. The first-order valence-corrected chi connectivity index (χ1v) is 9.86. The molecule has 0 bridgehead atoms. The first-order valence-electron chi connectivity index (χ1n) is 9.48. The molecule has 1 aliphatic heterocycles. The van der Waals surface area contributed by atoms with Crippen molar-refractivity contribution in [3.8, 4) is 11.5 Å². The summed E-state index contributed by atoms with van der Waals surface area (Å²) >= 11 is 6.18. The quantitative estimate of drug-likeness (QED) is 0.661. The second kappa shape index (κ2) is 10.0. The summed E-state index contributed by atoms with van der Waals surface area (Å²) in [6.45, 7) is 2.19. The van der Waals surface area contributed by atoms with Crippen LogP contribution < -0.4 is 25.0 Å². The number of carbonyl (C=O) groups excluding carboxylic acids is 2. The van der Waals surface area contributed by atoms with Crippen LogP contribution in [0.3, 0.4) is 0 Å². The molecule has 1 aliphatic rings. The summed E-state index contributed by atoms with van der Waals surface area (Å²) in [6, 6.07) is 11.3. The van der Waals surface area contributed by atoms with Gasteiger partial charge in [-0.05, 0) is 41.5 Å². The van der Waals surface area contributed by atoms with Gasteiger partial charge in [-0.25, -0.2) is 0 Å². The summed E-state index contributed by atoms with van der Waals surface area (Å²) in [6.07, 6.45) is 3.10. The van der Waals surface area contributed by atoms with Crippen LogP contribution in [0.5, 0.6) is 11.5 Å². The zero-order chi connectivity index (χ0) is 21.5. The van der Waals surface area contributed by atoms with Gasteiger partial charge in [0.2, 0.25) is 11.8 Å². The zero-order valence-electron chi connectivity index (χ0n) is 16.9. The molecule has 2 N–H and O–H groups in total. The summed E-state index contributed by atoms with van der Waals surface area (Å²) in [5, 5.41) is 6.06. The van der Waals surface area contributed by atoms with Crippen molar-refractivity contribution >= 4 is 35.2 Å². The molecule has 0 spiro atoms. The summed E-state index contributed by atoms with van der Waals surface area (Å²) < 4.78 is 10.5. The largest absolute Gasteiger partial charge is 0.493 e. The standard InChI is InChI=1S/C22H24ClN3O4/c1-29-19-12-16(11-18(23)22(19)30-2)5-8-20(27)25-13-15-3-6-17(7-4-15)26-10-9-24-21(28)14-26/h3-8,11-12H,9-10,13-14H2,1-2H3,(H,24,28)(H,25,27)/b8-5+. The Hall–Kier alpha value is -3.19. The van der Waals surface area contributed by atoms with Crippen molar-refractivity contribution in [3.63, 3.8) is 0 Å². The van der Waals surface area contributed by atoms with Crippen molar-refractivity contribution in [2.24, 2.45) is 0 Å². The number of carbonyl (C=O) groups is 2. The van der Waals surface area contributed by atoms with Gasteiger partial charge < -0.3 is 25.0 Å². The zero-order valence-corrected chi connectivity index (χ0v) is 17.7. The molecule has 0 unspecified atom stereocenters. The summed E-state index contributed by atoms with van der Waals surface area (Å²) in [7, 11) is 3.04. The van der Waals surface area contributed by atoms with Crippen molar-refractivity contribution in [2.75, 3.05) is 38.8 Å². The third-order valence-corrected chi connectivity index (χ3v) is 4.97. The highest BCUT2D eigenvalue weighted by Crippen LogP contribution is 2.36. The average Bonchev–Trinajstić information content (AvgIpc) is 2.76. The van der Waals surface area contributed by atoms with Gasteiger partial charge in [0.1, 0.15) is 0 Å². The minimum atomic E-state index is -0.224. The number of benzene rings is 2. The van der Waals surface area contributed by atoms with Gasteiger partial charge in [0.05, 0.1) is 25.8 Å². The van der Waals surface area contributed by atoms with Crippen LogP contribution in [0.2, 0.25) is 5.02 Å². The van der Waals surface area contributed by atoms with Gasteiger partial charge in [0.25, 0.3) is 0 Å². The van der Waals surface area contributed by atoms with Crippen molar-refractivity contribution in [1.29, 1.82) is 0 Å². The molecule has 7 nitrogen and oxygen atoms in total. The topological polar surface area (TPSA) is 79.9 Å². The maximum absolute atomic E-state index is 12.2. The Kier molecular flexibility index (Phi) is 7.19. The van der Waals surface area contributed by atoms with Crippen LogP contribution >= 0.6 is 11.6 Å². The Labute approximate surface area is 180 Å².